The van der Waals surface area contributed by atoms with Crippen LogP contribution in [0.2, 0.25) is 0 Å². The first kappa shape index (κ1) is 9.49. The summed E-state index contributed by atoms with van der Waals surface area (Å²) in [5, 5.41) is 2.68. The van der Waals surface area contributed by atoms with Crippen molar-refractivity contribution in [3.8, 4) is 10.6 Å². The second-order valence-corrected chi connectivity index (χ2v) is 4.43. The summed E-state index contributed by atoms with van der Waals surface area (Å²) in [6, 6.07) is 0. The van der Waals surface area contributed by atoms with E-state index in [2.05, 4.69) is 21.6 Å². The number of nitrogen functional groups attached to an aromatic ring is 1. The van der Waals surface area contributed by atoms with Crippen LogP contribution in [0.4, 0.5) is 5.82 Å². The Bertz CT molecular complexity index is 425. The summed E-state index contributed by atoms with van der Waals surface area (Å²) in [7, 11) is 0.625. The first-order chi connectivity index (χ1) is 6.79. The molecule has 0 saturated carbocycles. The molecule has 14 heavy (non-hydrogen) atoms. The number of nitrogens with two attached hydrogens (primary N) is 1. The molecular formula is C8H9N4PS. The third kappa shape index (κ3) is 1.89. The largest absolute Gasteiger partial charge is 0.383 e. The highest BCUT2D eigenvalue weighted by Crippen LogP contribution is 2.22. The van der Waals surface area contributed by atoms with Crippen molar-refractivity contribution in [2.75, 3.05) is 12.4 Å². The molecule has 0 aliphatic rings. The lowest BCUT2D eigenvalue weighted by Crippen LogP contribution is -2.04. The van der Waals surface area contributed by atoms with Crippen LogP contribution in [-0.2, 0) is 0 Å². The molecule has 72 valence electrons. The third-order valence-corrected chi connectivity index (χ3v) is 3.26. The van der Waals surface area contributed by atoms with Crippen LogP contribution in [0.3, 0.4) is 0 Å². The second-order valence-electron chi connectivity index (χ2n) is 2.62. The molecule has 2 heterocycles. The zero-order chi connectivity index (χ0) is 9.97. The summed E-state index contributed by atoms with van der Waals surface area (Å²) in [6.07, 6.45) is 3.58. The first-order valence-corrected chi connectivity index (χ1v) is 6.39. The molecule has 2 aromatic heterocycles. The summed E-state index contributed by atoms with van der Waals surface area (Å²) < 4.78 is 0. The minimum atomic E-state index is 0.548. The summed E-state index contributed by atoms with van der Waals surface area (Å²) in [4.78, 5) is 12.6. The van der Waals surface area contributed by atoms with Gasteiger partial charge < -0.3 is 5.73 Å². The van der Waals surface area contributed by atoms with Gasteiger partial charge in [0.2, 0.25) is 0 Å². The zero-order valence-corrected chi connectivity index (χ0v) is 9.38. The number of hydrogen-bond donors (Lipinski definition) is 1. The first-order valence-electron chi connectivity index (χ1n) is 4.01. The van der Waals surface area contributed by atoms with Gasteiger partial charge in [-0.1, -0.05) is 8.58 Å². The van der Waals surface area contributed by atoms with Gasteiger partial charge in [-0.2, -0.15) is 0 Å². The maximum Gasteiger partial charge on any atom is 0.147 e. The lowest BCUT2D eigenvalue weighted by molar-refractivity contribution is 1.23. The standard InChI is InChI=1S/C8H9N4PS/c1-13-8-10-2-5(3-11-8)7-12-6(9)4-14-7/h2-4,13H,9H2,1H3. The van der Waals surface area contributed by atoms with E-state index in [0.29, 0.717) is 14.4 Å². The second kappa shape index (κ2) is 3.98. The van der Waals surface area contributed by atoms with Crippen molar-refractivity contribution in [1.29, 1.82) is 0 Å². The van der Waals surface area contributed by atoms with Gasteiger partial charge in [-0.05, 0) is 6.66 Å². The van der Waals surface area contributed by atoms with Crippen LogP contribution in [0.5, 0.6) is 0 Å². The molecule has 0 saturated heterocycles. The smallest absolute Gasteiger partial charge is 0.147 e. The van der Waals surface area contributed by atoms with E-state index in [0.717, 1.165) is 16.1 Å². The van der Waals surface area contributed by atoms with Crippen LogP contribution in [-0.4, -0.2) is 21.6 Å². The molecule has 0 amide bonds. The molecule has 2 aromatic rings. The lowest BCUT2D eigenvalue weighted by atomic mass is 10.4. The van der Waals surface area contributed by atoms with Gasteiger partial charge in [0.25, 0.3) is 0 Å². The normalized spacial score (nSPS) is 11.2. The maximum atomic E-state index is 5.53. The van der Waals surface area contributed by atoms with E-state index in [4.69, 9.17) is 5.73 Å². The monoisotopic (exact) mass is 224 g/mol. The maximum absolute atomic E-state index is 5.53. The topological polar surface area (TPSA) is 64.7 Å². The fourth-order valence-corrected chi connectivity index (χ4v) is 2.06. The number of aromatic nitrogens is 3. The summed E-state index contributed by atoms with van der Waals surface area (Å²) in [5.74, 6) is 0.548. The number of thiazole rings is 1. The lowest BCUT2D eigenvalue weighted by Gasteiger charge is -1.96. The Labute approximate surface area is 87.4 Å². The molecule has 0 bridgehead atoms. The predicted octanol–water partition coefficient (Wildman–Crippen LogP) is 1.12. The van der Waals surface area contributed by atoms with Gasteiger partial charge in [-0.3, -0.25) is 0 Å². The average molecular weight is 224 g/mol. The predicted molar refractivity (Wildman–Crippen MR) is 61.4 cm³/mol. The van der Waals surface area contributed by atoms with E-state index in [9.17, 15) is 0 Å². The minimum absolute atomic E-state index is 0.548. The third-order valence-electron chi connectivity index (χ3n) is 1.64. The summed E-state index contributed by atoms with van der Waals surface area (Å²) in [5.41, 5.74) is 7.33. The van der Waals surface area contributed by atoms with Gasteiger partial charge in [0, 0.05) is 23.3 Å². The number of hydrogen-bond acceptors (Lipinski definition) is 5. The molecular weight excluding hydrogens is 215 g/mol. The van der Waals surface area contributed by atoms with Gasteiger partial charge in [0.05, 0.1) is 0 Å². The van der Waals surface area contributed by atoms with E-state index in [-0.39, 0.29) is 0 Å². The molecule has 2 rings (SSSR count). The highest BCUT2D eigenvalue weighted by Gasteiger charge is 2.03. The molecule has 2 N–H and O–H groups in total. The Morgan fingerprint density at radius 3 is 2.57 bits per heavy atom. The number of rotatable bonds is 2. The Morgan fingerprint density at radius 2 is 2.07 bits per heavy atom. The fraction of sp³-hybridized carbons (Fsp3) is 0.125. The Kier molecular flexibility index (Phi) is 2.70. The van der Waals surface area contributed by atoms with Crippen LogP contribution < -0.4 is 11.3 Å². The highest BCUT2D eigenvalue weighted by molar-refractivity contribution is 7.45. The van der Waals surface area contributed by atoms with E-state index in [1.807, 2.05) is 5.38 Å². The molecule has 1 atom stereocenters. The Morgan fingerprint density at radius 1 is 1.36 bits per heavy atom. The van der Waals surface area contributed by atoms with Crippen molar-refractivity contribution >= 4 is 31.3 Å². The van der Waals surface area contributed by atoms with E-state index in [1.54, 1.807) is 12.4 Å². The highest BCUT2D eigenvalue weighted by atomic mass is 32.1. The van der Waals surface area contributed by atoms with Crippen LogP contribution >= 0.6 is 19.9 Å². The molecule has 1 unspecified atom stereocenters. The van der Waals surface area contributed by atoms with Crippen LogP contribution in [0.1, 0.15) is 0 Å². The van der Waals surface area contributed by atoms with E-state index < -0.39 is 0 Å². The Hall–Kier alpha value is -1.06. The van der Waals surface area contributed by atoms with Gasteiger partial charge in [0.15, 0.2) is 0 Å². The van der Waals surface area contributed by atoms with Crippen molar-refractivity contribution in [1.82, 2.24) is 15.0 Å². The van der Waals surface area contributed by atoms with Crippen molar-refractivity contribution in [3.05, 3.63) is 17.8 Å². The fourth-order valence-electron chi connectivity index (χ4n) is 0.986. The molecule has 0 aliphatic carbocycles. The van der Waals surface area contributed by atoms with Crippen molar-refractivity contribution in [2.45, 2.75) is 0 Å². The van der Waals surface area contributed by atoms with Gasteiger partial charge in [-0.25, -0.2) is 15.0 Å². The summed E-state index contributed by atoms with van der Waals surface area (Å²) >= 11 is 1.50. The van der Waals surface area contributed by atoms with Gasteiger partial charge >= 0.3 is 0 Å². The van der Waals surface area contributed by atoms with Crippen molar-refractivity contribution in [3.63, 3.8) is 0 Å². The zero-order valence-electron chi connectivity index (χ0n) is 7.56. The van der Waals surface area contributed by atoms with E-state index in [1.165, 1.54) is 11.3 Å². The quantitative estimate of drug-likeness (QED) is 0.776. The van der Waals surface area contributed by atoms with Gasteiger partial charge in [0.1, 0.15) is 16.4 Å². The molecule has 0 fully saturated rings. The minimum Gasteiger partial charge on any atom is -0.383 e. The van der Waals surface area contributed by atoms with Crippen LogP contribution in [0.15, 0.2) is 17.8 Å². The molecule has 6 heteroatoms. The number of nitrogens with zero attached hydrogens (tertiary/aromatic N) is 3. The Balaban J connectivity index is 2.33. The molecule has 0 spiro atoms. The van der Waals surface area contributed by atoms with Crippen LogP contribution in [0.25, 0.3) is 10.6 Å². The molecule has 0 aliphatic heterocycles. The van der Waals surface area contributed by atoms with Gasteiger partial charge in [-0.15, -0.1) is 11.3 Å². The van der Waals surface area contributed by atoms with Crippen LogP contribution in [0, 0.1) is 0 Å². The van der Waals surface area contributed by atoms with Crippen molar-refractivity contribution in [2.24, 2.45) is 0 Å². The molecule has 0 aromatic carbocycles. The van der Waals surface area contributed by atoms with Crippen molar-refractivity contribution < 1.29 is 0 Å². The van der Waals surface area contributed by atoms with E-state index >= 15 is 0 Å². The molecule has 4 nitrogen and oxygen atoms in total. The number of anilines is 1. The SMILES string of the molecule is CPc1ncc(-c2nc(N)cs2)cn1. The summed E-state index contributed by atoms with van der Waals surface area (Å²) in [6.45, 7) is 2.05. The average Bonchev–Trinajstić information content (AvgIpc) is 2.65. The molecule has 0 radical (unpaired) electrons.